The average Bonchev–Trinajstić information content (AvgIpc) is 3.63. The minimum Gasteiger partial charge on any atom is -0.748 e. The number of esters is 1. The van der Waals surface area contributed by atoms with Crippen LogP contribution in [0.5, 0.6) is 0 Å². The third-order valence-corrected chi connectivity index (χ3v) is 13.0. The Hall–Kier alpha value is 3.59. The first-order valence-electron chi connectivity index (χ1n) is 16.5. The number of hydrogen-bond donors (Lipinski definition) is 1. The largest absolute Gasteiger partial charge is 1.00 e. The van der Waals surface area contributed by atoms with Crippen molar-refractivity contribution < 1.29 is 285 Å². The van der Waals surface area contributed by atoms with Gasteiger partial charge in [0.15, 0.2) is 5.71 Å². The van der Waals surface area contributed by atoms with Gasteiger partial charge in [-0.1, -0.05) is 18.2 Å². The summed E-state index contributed by atoms with van der Waals surface area (Å²) in [5.74, 6) is -1.94. The van der Waals surface area contributed by atoms with E-state index in [1.807, 2.05) is 0 Å². The summed E-state index contributed by atoms with van der Waals surface area (Å²) in [7, 11) is -9.86. The molecule has 1 amide bonds. The molecule has 0 radical (unpaired) electrons. The third kappa shape index (κ3) is 18.2. The number of nitrogens with zero attached hydrogens (tertiary/aromatic N) is 3. The van der Waals surface area contributed by atoms with E-state index in [0.717, 1.165) is 9.69 Å². The molecule has 2 aliphatic carbocycles. The van der Waals surface area contributed by atoms with Gasteiger partial charge in [-0.3, -0.25) is 24.8 Å². The molecule has 1 aromatic rings. The van der Waals surface area contributed by atoms with E-state index < -0.39 is 76.5 Å². The van der Waals surface area contributed by atoms with Crippen LogP contribution in [0.15, 0.2) is 39.8 Å². The van der Waals surface area contributed by atoms with Crippen molar-refractivity contribution in [2.45, 2.75) is 92.1 Å². The normalized spacial score (nSPS) is 24.3. The van der Waals surface area contributed by atoms with Crippen molar-refractivity contribution in [1.29, 1.82) is 0 Å². The van der Waals surface area contributed by atoms with Crippen molar-refractivity contribution in [1.82, 2.24) is 14.8 Å². The second kappa shape index (κ2) is 30.9. The van der Waals surface area contributed by atoms with Crippen LogP contribution in [0.1, 0.15) is 69.7 Å². The minimum atomic E-state index is -4.96. The number of H-pyrrole nitrogens is 1. The van der Waals surface area contributed by atoms with Gasteiger partial charge in [-0.2, -0.15) is 13.8 Å². The minimum absolute atomic E-state index is 0. The van der Waals surface area contributed by atoms with E-state index in [-0.39, 0.29) is 281 Å². The molecule has 0 bridgehead atoms. The standard InChI is InChI=1S/C29H40N4O18S4.4K/c1-3-45-29(36)26-20(28(35)33(31-26)23-15-18(53-51-49-38)11-13-25(23)55(42,43)44)9-7-5-6-8-19-21(16-47-46-4-2)30-32(27(19)34)22-14-17(52-50-48-37)10-12-24(22)54(39,40)41;;;;/h5-9,17-18,22-25,30,37-38H,3-4,10-16H2,1-2H3,(H,39,40,41)(H,42,43,44);;;;/q;4*+1/p-4/b7-5+,8-6-,20-9+;;;;. The third-order valence-electron chi connectivity index (χ3n) is 8.76. The molecule has 3 aliphatic rings. The van der Waals surface area contributed by atoms with E-state index >= 15 is 0 Å². The summed E-state index contributed by atoms with van der Waals surface area (Å²) in [6.45, 7) is 2.90. The summed E-state index contributed by atoms with van der Waals surface area (Å²) in [6, 6.07) is -2.53. The molecule has 6 unspecified atom stereocenters. The molecular weight excluding hydrogens is 977 g/mol. The number of ether oxygens (including phenoxy) is 1. The molecule has 0 saturated heterocycles. The van der Waals surface area contributed by atoms with Crippen LogP contribution in [-0.4, -0.2) is 98.6 Å². The molecule has 4 rings (SSSR count). The Morgan fingerprint density at radius 1 is 0.831 bits per heavy atom. The van der Waals surface area contributed by atoms with Crippen molar-refractivity contribution in [3.8, 4) is 0 Å². The van der Waals surface area contributed by atoms with Crippen LogP contribution in [0, 0.1) is 0 Å². The van der Waals surface area contributed by atoms with E-state index in [9.17, 15) is 50.8 Å². The smallest absolute Gasteiger partial charge is 0.748 e. The molecule has 22 nitrogen and oxygen atoms in total. The molecule has 59 heavy (non-hydrogen) atoms. The number of aromatic amines is 1. The Morgan fingerprint density at radius 2 is 1.39 bits per heavy atom. The van der Waals surface area contributed by atoms with Gasteiger partial charge in [-0.05, 0) is 64.5 Å². The summed E-state index contributed by atoms with van der Waals surface area (Å²) in [6.07, 6.45) is 6.24. The maximum absolute atomic E-state index is 13.7. The molecule has 308 valence electrons. The van der Waals surface area contributed by atoms with Crippen molar-refractivity contribution in [3.05, 3.63) is 51.5 Å². The molecule has 2 fully saturated rings. The van der Waals surface area contributed by atoms with E-state index in [0.29, 0.717) is 24.1 Å². The van der Waals surface area contributed by atoms with Gasteiger partial charge in [0.25, 0.3) is 11.5 Å². The van der Waals surface area contributed by atoms with E-state index in [1.165, 1.54) is 37.3 Å². The van der Waals surface area contributed by atoms with Gasteiger partial charge in [0.1, 0.15) is 6.61 Å². The van der Waals surface area contributed by atoms with Crippen molar-refractivity contribution in [2.75, 3.05) is 13.2 Å². The number of carbonyl (C=O) groups is 2. The number of hydrogen-bond acceptors (Lipinski definition) is 21. The van der Waals surface area contributed by atoms with E-state index in [1.54, 1.807) is 6.92 Å². The van der Waals surface area contributed by atoms with Crippen LogP contribution < -0.4 is 222 Å². The van der Waals surface area contributed by atoms with Crippen LogP contribution >= 0.6 is 24.1 Å². The van der Waals surface area contributed by atoms with Crippen LogP contribution in [-0.2, 0) is 69.7 Å². The Labute approximate surface area is 518 Å². The molecule has 1 N–H and O–H groups in total. The number of nitrogens with one attached hydrogen (secondary N) is 1. The van der Waals surface area contributed by atoms with Gasteiger partial charge < -0.3 is 24.4 Å². The number of aromatic nitrogens is 2. The van der Waals surface area contributed by atoms with Gasteiger partial charge in [0, 0.05) is 34.6 Å². The first-order chi connectivity index (χ1) is 26.2. The molecular formula is C29H36K4N4O18S4. The maximum Gasteiger partial charge on any atom is 1.00 e. The van der Waals surface area contributed by atoms with Crippen molar-refractivity contribution in [2.24, 2.45) is 5.10 Å². The Morgan fingerprint density at radius 3 is 1.92 bits per heavy atom. The zero-order valence-corrected chi connectivity index (χ0v) is 48.8. The number of hydrazone groups is 1. The first kappa shape index (κ1) is 62.6. The summed E-state index contributed by atoms with van der Waals surface area (Å²) in [5.41, 5.74) is -1.41. The van der Waals surface area contributed by atoms with Gasteiger partial charge in [0.2, 0.25) is 0 Å². The fourth-order valence-corrected chi connectivity index (χ4v) is 9.80. The summed E-state index contributed by atoms with van der Waals surface area (Å²) < 4.78 is 87.9. The Bertz CT molecular complexity index is 1930. The SMILES string of the molecule is CCOOCc1[nH]n(C2CC(SOO[O-])CCC2S(=O)(=O)[O-])c(=O)c1\C=C/C=C/C=C1/C(=O)N(C2CC(SOO[O-])CCC2S(=O)(=O)[O-])N=C1C(=O)OCC.[K+].[K+].[K+].[K+]. The second-order valence-electron chi connectivity index (χ2n) is 12.0. The van der Waals surface area contributed by atoms with Crippen molar-refractivity contribution in [3.63, 3.8) is 0 Å². The van der Waals surface area contributed by atoms with E-state index in [2.05, 4.69) is 28.9 Å². The molecule has 0 spiro atoms. The molecule has 1 aromatic heterocycles. The summed E-state index contributed by atoms with van der Waals surface area (Å²) in [4.78, 5) is 50.3. The number of amides is 1. The summed E-state index contributed by atoms with van der Waals surface area (Å²) in [5, 5.41) is 30.9. The van der Waals surface area contributed by atoms with Crippen molar-refractivity contribution >= 4 is 68.0 Å². The fourth-order valence-electron chi connectivity index (χ4n) is 6.42. The molecule has 1 aliphatic heterocycles. The summed E-state index contributed by atoms with van der Waals surface area (Å²) >= 11 is 1.21. The second-order valence-corrected chi connectivity index (χ2v) is 17.2. The Balaban J connectivity index is 0.00000841. The zero-order chi connectivity index (χ0) is 40.3. The predicted molar refractivity (Wildman–Crippen MR) is 183 cm³/mol. The maximum atomic E-state index is 13.7. The van der Waals surface area contributed by atoms with Gasteiger partial charge in [-0.15, -0.1) is 0 Å². The number of rotatable bonds is 19. The van der Waals surface area contributed by atoms with E-state index in [4.69, 9.17) is 14.5 Å². The average molecular weight is 1010 g/mol. The van der Waals surface area contributed by atoms with Crippen LogP contribution in [0.4, 0.5) is 0 Å². The fraction of sp³-hybridized carbons (Fsp3) is 0.586. The molecule has 2 saturated carbocycles. The zero-order valence-electron chi connectivity index (χ0n) is 33.0. The van der Waals surface area contributed by atoms with Crippen LogP contribution in [0.2, 0.25) is 0 Å². The van der Waals surface area contributed by atoms with Crippen LogP contribution in [0.3, 0.4) is 0 Å². The molecule has 6 atom stereocenters. The monoisotopic (exact) mass is 1010 g/mol. The quantitative estimate of drug-likeness (QED) is 0.0155. The number of carbonyl (C=O) groups excluding carboxylic acids is 2. The van der Waals surface area contributed by atoms with Gasteiger partial charge in [0.05, 0.1) is 72.9 Å². The topological polar surface area (TPSA) is 313 Å². The molecule has 0 aromatic carbocycles. The van der Waals surface area contributed by atoms with Gasteiger partial charge >= 0.3 is 212 Å². The van der Waals surface area contributed by atoms with Gasteiger partial charge in [-0.25, -0.2) is 41.1 Å². The Kier molecular flexibility index (Phi) is 32.7. The van der Waals surface area contributed by atoms with Crippen LogP contribution in [0.25, 0.3) is 6.08 Å². The molecule has 30 heteroatoms. The number of allylic oxidation sites excluding steroid dienone is 4. The molecule has 2 heterocycles. The first-order valence-corrected chi connectivity index (χ1v) is 21.1. The predicted octanol–water partition coefficient (Wildman–Crippen LogP) is -12.5.